The van der Waals surface area contributed by atoms with Gasteiger partial charge < -0.3 is 0 Å². The van der Waals surface area contributed by atoms with Crippen LogP contribution in [0, 0.1) is 30.1 Å². The maximum Gasteiger partial charge on any atom is 0.0492 e. The molecule has 2 nitrogen and oxygen atoms in total. The number of aryl methyl sites for hydroxylation is 1. The predicted molar refractivity (Wildman–Crippen MR) is 67.6 cm³/mol. The molecule has 4 fully saturated rings. The molecule has 4 bridgehead atoms. The summed E-state index contributed by atoms with van der Waals surface area (Å²) in [5, 5.41) is 4.51. The van der Waals surface area contributed by atoms with Gasteiger partial charge in [-0.15, -0.1) is 0 Å². The van der Waals surface area contributed by atoms with Gasteiger partial charge in [0.05, 0.1) is 0 Å². The second-order valence-electron chi connectivity index (χ2n) is 7.05. The van der Waals surface area contributed by atoms with Crippen molar-refractivity contribution in [2.75, 3.05) is 0 Å². The molecule has 1 aromatic rings. The van der Waals surface area contributed by atoms with E-state index in [0.717, 1.165) is 17.8 Å². The lowest BCUT2D eigenvalue weighted by atomic mass is 9.49. The third kappa shape index (κ3) is 1.56. The lowest BCUT2D eigenvalue weighted by molar-refractivity contribution is -0.0638. The molecule has 0 unspecified atom stereocenters. The predicted octanol–water partition coefficient (Wildman–Crippen LogP) is 3.41. The van der Waals surface area contributed by atoms with Gasteiger partial charge in [-0.25, -0.2) is 0 Å². The minimum atomic E-state index is 0.617. The van der Waals surface area contributed by atoms with E-state index in [1.807, 2.05) is 6.20 Å². The molecule has 0 N–H and O–H groups in total. The van der Waals surface area contributed by atoms with Crippen LogP contribution >= 0.6 is 0 Å². The molecular weight excluding hydrogens is 208 g/mol. The quantitative estimate of drug-likeness (QED) is 0.761. The fourth-order valence-corrected chi connectivity index (χ4v) is 5.37. The molecule has 2 heteroatoms. The van der Waals surface area contributed by atoms with Gasteiger partial charge in [-0.2, -0.15) is 5.10 Å². The van der Waals surface area contributed by atoms with Crippen LogP contribution in [-0.2, 0) is 6.54 Å². The number of hydrogen-bond donors (Lipinski definition) is 0. The number of aromatic nitrogens is 2. The third-order valence-corrected chi connectivity index (χ3v) is 5.58. The molecule has 4 saturated carbocycles. The summed E-state index contributed by atoms with van der Waals surface area (Å²) < 4.78 is 2.26. The maximum absolute atomic E-state index is 4.51. The molecule has 0 saturated heterocycles. The van der Waals surface area contributed by atoms with Gasteiger partial charge >= 0.3 is 0 Å². The Morgan fingerprint density at radius 1 is 1.18 bits per heavy atom. The highest BCUT2D eigenvalue weighted by Crippen LogP contribution is 2.60. The van der Waals surface area contributed by atoms with E-state index >= 15 is 0 Å². The fourth-order valence-electron chi connectivity index (χ4n) is 5.37. The van der Waals surface area contributed by atoms with Crippen LogP contribution in [-0.4, -0.2) is 9.78 Å². The Hall–Kier alpha value is -0.790. The standard InChI is InChI=1S/C15H22N2/c1-11-2-3-16-17(11)10-15-7-12-4-13(8-15)6-14(5-12)9-15/h2-3,12-14H,4-10H2,1H3. The normalized spacial score (nSPS) is 43.2. The van der Waals surface area contributed by atoms with Crippen molar-refractivity contribution >= 4 is 0 Å². The first-order valence-electron chi connectivity index (χ1n) is 7.21. The minimum Gasteiger partial charge on any atom is -0.269 e. The van der Waals surface area contributed by atoms with Crippen molar-refractivity contribution in [1.29, 1.82) is 0 Å². The summed E-state index contributed by atoms with van der Waals surface area (Å²) in [6.07, 6.45) is 11.0. The zero-order valence-electron chi connectivity index (χ0n) is 10.7. The maximum atomic E-state index is 4.51. The van der Waals surface area contributed by atoms with E-state index in [2.05, 4.69) is 22.8 Å². The number of rotatable bonds is 2. The van der Waals surface area contributed by atoms with Crippen LogP contribution in [0.1, 0.15) is 44.2 Å². The summed E-state index contributed by atoms with van der Waals surface area (Å²) in [5.41, 5.74) is 1.95. The van der Waals surface area contributed by atoms with Gasteiger partial charge in [0.1, 0.15) is 0 Å². The largest absolute Gasteiger partial charge is 0.269 e. The van der Waals surface area contributed by atoms with Crippen LogP contribution in [0.5, 0.6) is 0 Å². The Morgan fingerprint density at radius 2 is 1.76 bits per heavy atom. The van der Waals surface area contributed by atoms with Crippen molar-refractivity contribution in [3.63, 3.8) is 0 Å². The summed E-state index contributed by atoms with van der Waals surface area (Å²) in [7, 11) is 0. The third-order valence-electron chi connectivity index (χ3n) is 5.58. The summed E-state index contributed by atoms with van der Waals surface area (Å²) >= 11 is 0. The smallest absolute Gasteiger partial charge is 0.0492 e. The summed E-state index contributed by atoms with van der Waals surface area (Å²) in [6.45, 7) is 3.38. The molecule has 1 aromatic heterocycles. The second-order valence-corrected chi connectivity index (χ2v) is 7.05. The Bertz CT molecular complexity index is 397. The van der Waals surface area contributed by atoms with Gasteiger partial charge in [0.25, 0.3) is 0 Å². The highest BCUT2D eigenvalue weighted by Gasteiger charge is 2.51. The van der Waals surface area contributed by atoms with Gasteiger partial charge in [-0.1, -0.05) is 0 Å². The SMILES string of the molecule is Cc1ccnn1CC12CC3CC(CC(C3)C1)C2. The highest BCUT2D eigenvalue weighted by atomic mass is 15.3. The molecular formula is C15H22N2. The fraction of sp³-hybridized carbons (Fsp3) is 0.800. The van der Waals surface area contributed by atoms with Crippen LogP contribution < -0.4 is 0 Å². The van der Waals surface area contributed by atoms with Crippen LogP contribution in [0.25, 0.3) is 0 Å². The van der Waals surface area contributed by atoms with Gasteiger partial charge in [0, 0.05) is 18.4 Å². The van der Waals surface area contributed by atoms with E-state index in [0.29, 0.717) is 5.41 Å². The Morgan fingerprint density at radius 3 is 2.24 bits per heavy atom. The minimum absolute atomic E-state index is 0.617. The molecule has 4 aliphatic rings. The van der Waals surface area contributed by atoms with E-state index < -0.39 is 0 Å². The molecule has 0 radical (unpaired) electrons. The molecule has 5 rings (SSSR count). The van der Waals surface area contributed by atoms with Gasteiger partial charge in [-0.3, -0.25) is 4.68 Å². The average molecular weight is 230 g/mol. The lowest BCUT2D eigenvalue weighted by Crippen LogP contribution is -2.48. The molecule has 0 spiro atoms. The van der Waals surface area contributed by atoms with Crippen molar-refractivity contribution in [3.8, 4) is 0 Å². The second kappa shape index (κ2) is 3.37. The molecule has 4 aliphatic carbocycles. The topological polar surface area (TPSA) is 17.8 Å². The Kier molecular flexibility index (Phi) is 2.01. The van der Waals surface area contributed by atoms with Crippen LogP contribution in [0.15, 0.2) is 12.3 Å². The zero-order chi connectivity index (χ0) is 11.5. The van der Waals surface area contributed by atoms with Gasteiger partial charge in [-0.05, 0) is 74.7 Å². The van der Waals surface area contributed by atoms with Crippen LogP contribution in [0.4, 0.5) is 0 Å². The zero-order valence-corrected chi connectivity index (χ0v) is 10.7. The lowest BCUT2D eigenvalue weighted by Gasteiger charge is -2.56. The summed E-state index contributed by atoms with van der Waals surface area (Å²) in [6, 6.07) is 2.14. The van der Waals surface area contributed by atoms with E-state index in [4.69, 9.17) is 0 Å². The van der Waals surface area contributed by atoms with E-state index in [1.165, 1.54) is 50.8 Å². The Balaban J connectivity index is 1.62. The van der Waals surface area contributed by atoms with E-state index in [9.17, 15) is 0 Å². The van der Waals surface area contributed by atoms with Crippen molar-refractivity contribution in [3.05, 3.63) is 18.0 Å². The van der Waals surface area contributed by atoms with E-state index in [1.54, 1.807) is 0 Å². The van der Waals surface area contributed by atoms with Gasteiger partial charge in [0.15, 0.2) is 0 Å². The first-order valence-corrected chi connectivity index (χ1v) is 7.21. The summed E-state index contributed by atoms with van der Waals surface area (Å²) in [5.74, 6) is 3.16. The molecule has 0 atom stereocenters. The van der Waals surface area contributed by atoms with Crippen LogP contribution in [0.2, 0.25) is 0 Å². The molecule has 17 heavy (non-hydrogen) atoms. The van der Waals surface area contributed by atoms with Crippen molar-refractivity contribution in [1.82, 2.24) is 9.78 Å². The molecule has 0 aliphatic heterocycles. The number of hydrogen-bond acceptors (Lipinski definition) is 1. The highest BCUT2D eigenvalue weighted by molar-refractivity contribution is 5.04. The molecule has 1 heterocycles. The van der Waals surface area contributed by atoms with Crippen LogP contribution in [0.3, 0.4) is 0 Å². The first kappa shape index (κ1) is 10.2. The average Bonchev–Trinajstić information content (AvgIpc) is 2.61. The molecule has 0 aromatic carbocycles. The van der Waals surface area contributed by atoms with E-state index in [-0.39, 0.29) is 0 Å². The summed E-state index contributed by atoms with van der Waals surface area (Å²) in [4.78, 5) is 0. The van der Waals surface area contributed by atoms with Crippen molar-refractivity contribution in [2.45, 2.75) is 52.0 Å². The monoisotopic (exact) mass is 230 g/mol. The Labute approximate surface area is 103 Å². The van der Waals surface area contributed by atoms with Crippen molar-refractivity contribution in [2.24, 2.45) is 23.2 Å². The van der Waals surface area contributed by atoms with Crippen molar-refractivity contribution < 1.29 is 0 Å². The first-order chi connectivity index (χ1) is 8.22. The molecule has 92 valence electrons. The number of nitrogens with zero attached hydrogens (tertiary/aromatic N) is 2. The molecule has 0 amide bonds. The van der Waals surface area contributed by atoms with Gasteiger partial charge in [0.2, 0.25) is 0 Å².